The zero-order chi connectivity index (χ0) is 12.4. The van der Waals surface area contributed by atoms with Gasteiger partial charge in [-0.1, -0.05) is 19.4 Å². The van der Waals surface area contributed by atoms with Gasteiger partial charge in [0.05, 0.1) is 4.92 Å². The molecule has 4 N–H and O–H groups in total. The van der Waals surface area contributed by atoms with Crippen LogP contribution in [0.2, 0.25) is 0 Å². The molecule has 17 heavy (non-hydrogen) atoms. The fourth-order valence-electron chi connectivity index (χ4n) is 2.05. The van der Waals surface area contributed by atoms with Crippen LogP contribution in [0.1, 0.15) is 19.8 Å². The second kappa shape index (κ2) is 4.58. The number of nitrogen functional groups attached to an aromatic ring is 1. The number of nitro groups is 1. The van der Waals surface area contributed by atoms with Crippen LogP contribution >= 0.6 is 0 Å². The van der Waals surface area contributed by atoms with Crippen molar-refractivity contribution in [3.63, 3.8) is 0 Å². The molecule has 6 nitrogen and oxygen atoms in total. The minimum absolute atomic E-state index is 0.0109. The Labute approximate surface area is 99.3 Å². The highest BCUT2D eigenvalue weighted by Crippen LogP contribution is 2.40. The van der Waals surface area contributed by atoms with Crippen LogP contribution in [0.4, 0.5) is 17.1 Å². The number of nitro benzene ring substituents is 1. The van der Waals surface area contributed by atoms with Crippen molar-refractivity contribution in [1.29, 1.82) is 0 Å². The van der Waals surface area contributed by atoms with Gasteiger partial charge in [-0.3, -0.25) is 16.0 Å². The number of anilines is 2. The number of benzene rings is 1. The topological polar surface area (TPSA) is 93.2 Å². The van der Waals surface area contributed by atoms with Crippen LogP contribution in [0.5, 0.6) is 0 Å². The Morgan fingerprint density at radius 1 is 1.53 bits per heavy atom. The SMILES string of the molecule is CCC1CC1Nc1cccc(NN)c1[N+](=O)[O-]. The summed E-state index contributed by atoms with van der Waals surface area (Å²) in [6.07, 6.45) is 2.17. The highest BCUT2D eigenvalue weighted by atomic mass is 16.6. The summed E-state index contributed by atoms with van der Waals surface area (Å²) in [5.41, 5.74) is 3.23. The number of hydrogen-bond acceptors (Lipinski definition) is 5. The highest BCUT2D eigenvalue weighted by molar-refractivity contribution is 5.76. The first-order valence-corrected chi connectivity index (χ1v) is 5.68. The maximum absolute atomic E-state index is 11.0. The van der Waals surface area contributed by atoms with Crippen molar-refractivity contribution >= 4 is 17.1 Å². The Hall–Kier alpha value is -1.82. The summed E-state index contributed by atoms with van der Waals surface area (Å²) in [6.45, 7) is 2.12. The summed E-state index contributed by atoms with van der Waals surface area (Å²) in [4.78, 5) is 10.6. The molecule has 0 heterocycles. The van der Waals surface area contributed by atoms with Gasteiger partial charge in [0, 0.05) is 6.04 Å². The molecule has 1 aromatic rings. The minimum atomic E-state index is -0.416. The minimum Gasteiger partial charge on any atom is -0.376 e. The molecule has 1 aliphatic carbocycles. The summed E-state index contributed by atoms with van der Waals surface area (Å²) in [7, 11) is 0. The van der Waals surface area contributed by atoms with Crippen LogP contribution in [0.15, 0.2) is 18.2 Å². The molecule has 2 rings (SSSR count). The average molecular weight is 236 g/mol. The lowest BCUT2D eigenvalue weighted by atomic mass is 10.2. The summed E-state index contributed by atoms with van der Waals surface area (Å²) in [6, 6.07) is 5.40. The number of hydrazine groups is 1. The molecule has 1 fully saturated rings. The van der Waals surface area contributed by atoms with Gasteiger partial charge in [-0.25, -0.2) is 0 Å². The second-order valence-corrected chi connectivity index (χ2v) is 4.26. The molecule has 1 aliphatic rings. The molecule has 0 aromatic heterocycles. The van der Waals surface area contributed by atoms with Gasteiger partial charge in [-0.05, 0) is 24.5 Å². The van der Waals surface area contributed by atoms with Crippen LogP contribution in [-0.4, -0.2) is 11.0 Å². The molecule has 2 unspecified atom stereocenters. The molecule has 2 atom stereocenters. The lowest BCUT2D eigenvalue weighted by Crippen LogP contribution is -2.12. The van der Waals surface area contributed by atoms with E-state index in [0.717, 1.165) is 12.8 Å². The zero-order valence-electron chi connectivity index (χ0n) is 9.64. The molecular formula is C11H16N4O2. The molecule has 1 aromatic carbocycles. The fourth-order valence-corrected chi connectivity index (χ4v) is 2.05. The van der Waals surface area contributed by atoms with Gasteiger partial charge in [-0.15, -0.1) is 0 Å². The van der Waals surface area contributed by atoms with Gasteiger partial charge in [0.15, 0.2) is 0 Å². The van der Waals surface area contributed by atoms with E-state index in [2.05, 4.69) is 17.7 Å². The van der Waals surface area contributed by atoms with Crippen molar-refractivity contribution in [3.05, 3.63) is 28.3 Å². The van der Waals surface area contributed by atoms with Crippen molar-refractivity contribution in [2.75, 3.05) is 10.7 Å². The van der Waals surface area contributed by atoms with Gasteiger partial charge in [0.2, 0.25) is 0 Å². The van der Waals surface area contributed by atoms with E-state index in [1.807, 2.05) is 0 Å². The van der Waals surface area contributed by atoms with Crippen molar-refractivity contribution < 1.29 is 4.92 Å². The Morgan fingerprint density at radius 3 is 2.76 bits per heavy atom. The average Bonchev–Trinajstić information content (AvgIpc) is 3.06. The quantitative estimate of drug-likeness (QED) is 0.413. The maximum atomic E-state index is 11.0. The monoisotopic (exact) mass is 236 g/mol. The Bertz CT molecular complexity index is 435. The van der Waals surface area contributed by atoms with Crippen molar-refractivity contribution in [1.82, 2.24) is 0 Å². The van der Waals surface area contributed by atoms with Crippen molar-refractivity contribution in [3.8, 4) is 0 Å². The van der Waals surface area contributed by atoms with Gasteiger partial charge in [-0.2, -0.15) is 0 Å². The van der Waals surface area contributed by atoms with E-state index in [4.69, 9.17) is 5.84 Å². The number of nitrogens with one attached hydrogen (secondary N) is 2. The van der Waals surface area contributed by atoms with Gasteiger partial charge in [0.1, 0.15) is 11.4 Å². The van der Waals surface area contributed by atoms with Gasteiger partial charge in [0.25, 0.3) is 0 Å². The van der Waals surface area contributed by atoms with E-state index in [0.29, 0.717) is 23.3 Å². The van der Waals surface area contributed by atoms with Crippen molar-refractivity contribution in [2.24, 2.45) is 11.8 Å². The molecule has 0 amide bonds. The summed E-state index contributed by atoms with van der Waals surface area (Å²) in [5, 5.41) is 14.2. The van der Waals surface area contributed by atoms with E-state index in [1.54, 1.807) is 18.2 Å². The Kier molecular flexibility index (Phi) is 3.14. The summed E-state index contributed by atoms with van der Waals surface area (Å²) < 4.78 is 0. The molecule has 0 spiro atoms. The lowest BCUT2D eigenvalue weighted by molar-refractivity contribution is -0.383. The largest absolute Gasteiger partial charge is 0.376 e. The molecule has 1 saturated carbocycles. The first-order valence-electron chi connectivity index (χ1n) is 5.68. The highest BCUT2D eigenvalue weighted by Gasteiger charge is 2.36. The fraction of sp³-hybridized carbons (Fsp3) is 0.455. The standard InChI is InChI=1S/C11H16N4O2/c1-2-7-6-10(7)13-8-4-3-5-9(14-12)11(8)15(16)17/h3-5,7,10,13-14H,2,6,12H2,1H3. The van der Waals surface area contributed by atoms with Crippen molar-refractivity contribution in [2.45, 2.75) is 25.8 Å². The number of rotatable bonds is 5. The molecule has 0 saturated heterocycles. The van der Waals surface area contributed by atoms with E-state index in [9.17, 15) is 10.1 Å². The van der Waals surface area contributed by atoms with Gasteiger partial charge >= 0.3 is 5.69 Å². The predicted octanol–water partition coefficient (Wildman–Crippen LogP) is 2.09. The van der Waals surface area contributed by atoms with Gasteiger partial charge < -0.3 is 10.7 Å². The molecule has 6 heteroatoms. The number of nitrogens with zero attached hydrogens (tertiary/aromatic N) is 1. The third-order valence-corrected chi connectivity index (χ3v) is 3.16. The van der Waals surface area contributed by atoms with Crippen LogP contribution in [-0.2, 0) is 0 Å². The molecule has 0 radical (unpaired) electrons. The number of nitrogens with two attached hydrogens (primary N) is 1. The summed E-state index contributed by atoms with van der Waals surface area (Å²) >= 11 is 0. The zero-order valence-corrected chi connectivity index (χ0v) is 9.64. The first kappa shape index (κ1) is 11.7. The molecule has 0 aliphatic heterocycles. The Balaban J connectivity index is 2.24. The normalized spacial score (nSPS) is 22.0. The predicted molar refractivity (Wildman–Crippen MR) is 66.7 cm³/mol. The van der Waals surface area contributed by atoms with E-state index < -0.39 is 4.92 Å². The number of hydrogen-bond donors (Lipinski definition) is 3. The third kappa shape index (κ3) is 2.31. The van der Waals surface area contributed by atoms with E-state index in [-0.39, 0.29) is 5.69 Å². The molecule has 0 bridgehead atoms. The number of para-hydroxylation sites is 1. The van der Waals surface area contributed by atoms with Crippen LogP contribution in [0.25, 0.3) is 0 Å². The second-order valence-electron chi connectivity index (χ2n) is 4.26. The third-order valence-electron chi connectivity index (χ3n) is 3.16. The van der Waals surface area contributed by atoms with Crippen LogP contribution < -0.4 is 16.6 Å². The first-order chi connectivity index (χ1) is 8.17. The van der Waals surface area contributed by atoms with E-state index >= 15 is 0 Å². The smallest absolute Gasteiger partial charge is 0.316 e. The molecule has 92 valence electrons. The lowest BCUT2D eigenvalue weighted by Gasteiger charge is -2.09. The van der Waals surface area contributed by atoms with Crippen LogP contribution in [0, 0.1) is 16.0 Å². The summed E-state index contributed by atoms with van der Waals surface area (Å²) in [5.74, 6) is 5.90. The Morgan fingerprint density at radius 2 is 2.24 bits per heavy atom. The van der Waals surface area contributed by atoms with E-state index in [1.165, 1.54) is 0 Å². The maximum Gasteiger partial charge on any atom is 0.316 e. The van der Waals surface area contributed by atoms with Crippen LogP contribution in [0.3, 0.4) is 0 Å². The molecular weight excluding hydrogens is 220 g/mol.